The summed E-state index contributed by atoms with van der Waals surface area (Å²) in [4.78, 5) is 10.3. The Balaban J connectivity index is 2.75. The first kappa shape index (κ1) is 11.9. The molecule has 15 heavy (non-hydrogen) atoms. The van der Waals surface area contributed by atoms with Crippen molar-refractivity contribution >= 4 is 17.4 Å². The van der Waals surface area contributed by atoms with Crippen LogP contribution in [0.25, 0.3) is 0 Å². The number of rotatable bonds is 5. The third-order valence-electron chi connectivity index (χ3n) is 1.64. The van der Waals surface area contributed by atoms with E-state index in [2.05, 4.69) is 0 Å². The molecule has 6 heteroatoms. The van der Waals surface area contributed by atoms with E-state index in [1.807, 2.05) is 0 Å². The minimum Gasteiger partial charge on any atom is -0.396 e. The Labute approximate surface area is 90.3 Å². The molecule has 0 aliphatic heterocycles. The molecule has 0 fully saturated rings. The van der Waals surface area contributed by atoms with Crippen LogP contribution >= 0.6 is 11.8 Å². The largest absolute Gasteiger partial charge is 0.396 e. The summed E-state index contributed by atoms with van der Waals surface area (Å²) in [7, 11) is 0. The fraction of sp³-hybridized carbons (Fsp3) is 0.333. The van der Waals surface area contributed by atoms with E-state index in [0.29, 0.717) is 17.1 Å². The maximum atomic E-state index is 12.9. The van der Waals surface area contributed by atoms with Gasteiger partial charge in [0.2, 0.25) is 0 Å². The van der Waals surface area contributed by atoms with Crippen molar-refractivity contribution in [1.82, 2.24) is 0 Å². The predicted octanol–water partition coefficient (Wildman–Crippen LogP) is 2.21. The molecular weight excluding hydrogens is 221 g/mol. The molecule has 82 valence electrons. The van der Waals surface area contributed by atoms with Gasteiger partial charge in [0, 0.05) is 23.3 Å². The number of aliphatic hydroxyl groups is 1. The molecule has 1 aromatic rings. The highest BCUT2D eigenvalue weighted by molar-refractivity contribution is 7.99. The van der Waals surface area contributed by atoms with Gasteiger partial charge in [0.1, 0.15) is 5.82 Å². The van der Waals surface area contributed by atoms with Gasteiger partial charge in [-0.15, -0.1) is 11.8 Å². The Kier molecular flexibility index (Phi) is 4.51. The first-order valence-electron chi connectivity index (χ1n) is 4.32. The molecule has 0 saturated carbocycles. The molecule has 1 N–H and O–H groups in total. The van der Waals surface area contributed by atoms with Crippen LogP contribution in [0.2, 0.25) is 0 Å². The number of non-ortho nitro benzene ring substituents is 1. The van der Waals surface area contributed by atoms with Crippen molar-refractivity contribution in [2.75, 3.05) is 12.4 Å². The lowest BCUT2D eigenvalue weighted by Gasteiger charge is -2.00. The molecule has 0 heterocycles. The Morgan fingerprint density at radius 1 is 1.47 bits per heavy atom. The molecule has 0 aliphatic rings. The molecule has 0 aromatic heterocycles. The average molecular weight is 231 g/mol. The molecule has 0 atom stereocenters. The number of hydrogen-bond acceptors (Lipinski definition) is 4. The molecule has 1 rings (SSSR count). The van der Waals surface area contributed by atoms with Gasteiger partial charge in [0.15, 0.2) is 0 Å². The highest BCUT2D eigenvalue weighted by atomic mass is 32.2. The van der Waals surface area contributed by atoms with E-state index < -0.39 is 10.7 Å². The lowest BCUT2D eigenvalue weighted by molar-refractivity contribution is -0.385. The predicted molar refractivity (Wildman–Crippen MR) is 55.5 cm³/mol. The average Bonchev–Trinajstić information content (AvgIpc) is 2.17. The molecule has 0 aliphatic carbocycles. The molecule has 0 unspecified atom stereocenters. The molecule has 0 radical (unpaired) electrons. The summed E-state index contributed by atoms with van der Waals surface area (Å²) >= 11 is 1.29. The van der Waals surface area contributed by atoms with Crippen LogP contribution in [0.4, 0.5) is 10.1 Å². The SMILES string of the molecule is O=[N+]([O-])c1cc(F)cc(SCCCO)c1. The zero-order valence-electron chi connectivity index (χ0n) is 7.85. The summed E-state index contributed by atoms with van der Waals surface area (Å²) in [5.74, 6) is -0.00685. The van der Waals surface area contributed by atoms with Gasteiger partial charge >= 0.3 is 0 Å². The Morgan fingerprint density at radius 3 is 2.80 bits per heavy atom. The highest BCUT2D eigenvalue weighted by Gasteiger charge is 2.09. The minimum absolute atomic E-state index is 0.0599. The lowest BCUT2D eigenvalue weighted by Crippen LogP contribution is -1.91. The highest BCUT2D eigenvalue weighted by Crippen LogP contribution is 2.25. The van der Waals surface area contributed by atoms with E-state index in [1.54, 1.807) is 0 Å². The van der Waals surface area contributed by atoms with Gasteiger partial charge in [-0.2, -0.15) is 0 Å². The lowest BCUT2D eigenvalue weighted by atomic mass is 10.3. The number of nitrogens with zero attached hydrogens (tertiary/aromatic N) is 1. The number of aliphatic hydroxyl groups excluding tert-OH is 1. The topological polar surface area (TPSA) is 63.4 Å². The summed E-state index contributed by atoms with van der Waals surface area (Å²) in [5.41, 5.74) is -0.249. The van der Waals surface area contributed by atoms with Crippen LogP contribution in [0.15, 0.2) is 23.1 Å². The first-order chi connectivity index (χ1) is 7.13. The normalized spacial score (nSPS) is 10.3. The minimum atomic E-state index is -0.626. The van der Waals surface area contributed by atoms with Crippen molar-refractivity contribution in [2.45, 2.75) is 11.3 Å². The maximum absolute atomic E-state index is 12.9. The zero-order chi connectivity index (χ0) is 11.3. The molecular formula is C9H10FNO3S. The summed E-state index contributed by atoms with van der Waals surface area (Å²) in [5, 5.41) is 19.0. The van der Waals surface area contributed by atoms with Crippen molar-refractivity contribution in [1.29, 1.82) is 0 Å². The maximum Gasteiger partial charge on any atom is 0.273 e. The number of nitro groups is 1. The summed E-state index contributed by atoms with van der Waals surface area (Å²) in [6, 6.07) is 3.45. The molecule has 1 aromatic carbocycles. The van der Waals surface area contributed by atoms with Crippen molar-refractivity contribution in [2.24, 2.45) is 0 Å². The van der Waals surface area contributed by atoms with Gasteiger partial charge < -0.3 is 5.11 Å². The van der Waals surface area contributed by atoms with Crippen LogP contribution in [0.5, 0.6) is 0 Å². The second kappa shape index (κ2) is 5.67. The van der Waals surface area contributed by atoms with Crippen molar-refractivity contribution < 1.29 is 14.4 Å². The standard InChI is InChI=1S/C9H10FNO3S/c10-7-4-8(11(13)14)6-9(5-7)15-3-1-2-12/h4-6,12H,1-3H2. The molecule has 0 amide bonds. The number of hydrogen-bond donors (Lipinski definition) is 1. The van der Waals surface area contributed by atoms with Gasteiger partial charge in [0.05, 0.1) is 11.0 Å². The van der Waals surface area contributed by atoms with Gasteiger partial charge in [0.25, 0.3) is 5.69 Å². The fourth-order valence-electron chi connectivity index (χ4n) is 0.991. The third kappa shape index (κ3) is 3.85. The smallest absolute Gasteiger partial charge is 0.273 e. The Morgan fingerprint density at radius 2 is 2.20 bits per heavy atom. The van der Waals surface area contributed by atoms with E-state index >= 15 is 0 Å². The number of nitro benzene ring substituents is 1. The van der Waals surface area contributed by atoms with E-state index in [-0.39, 0.29) is 12.3 Å². The van der Waals surface area contributed by atoms with Gasteiger partial charge in [-0.05, 0) is 12.5 Å². The fourth-order valence-corrected chi connectivity index (χ4v) is 1.90. The summed E-state index contributed by atoms with van der Waals surface area (Å²) in [6.45, 7) is 0.0599. The molecule has 4 nitrogen and oxygen atoms in total. The Bertz CT molecular complexity index is 359. The Hall–Kier alpha value is -1.14. The van der Waals surface area contributed by atoms with Crippen LogP contribution in [0.3, 0.4) is 0 Å². The van der Waals surface area contributed by atoms with Crippen LogP contribution in [0, 0.1) is 15.9 Å². The van der Waals surface area contributed by atoms with E-state index in [4.69, 9.17) is 5.11 Å². The molecule has 0 spiro atoms. The third-order valence-corrected chi connectivity index (χ3v) is 2.70. The quantitative estimate of drug-likeness (QED) is 0.365. The van der Waals surface area contributed by atoms with Crippen LogP contribution < -0.4 is 0 Å². The zero-order valence-corrected chi connectivity index (χ0v) is 8.67. The number of halogens is 1. The summed E-state index contributed by atoms with van der Waals surface area (Å²) in [6.07, 6.45) is 0.578. The van der Waals surface area contributed by atoms with Crippen LogP contribution in [-0.2, 0) is 0 Å². The van der Waals surface area contributed by atoms with Gasteiger partial charge in [-0.25, -0.2) is 4.39 Å². The van der Waals surface area contributed by atoms with Crippen molar-refractivity contribution in [3.8, 4) is 0 Å². The van der Waals surface area contributed by atoms with Gasteiger partial charge in [-0.1, -0.05) is 0 Å². The number of thioether (sulfide) groups is 1. The first-order valence-corrected chi connectivity index (χ1v) is 5.30. The van der Waals surface area contributed by atoms with Gasteiger partial charge in [-0.3, -0.25) is 10.1 Å². The van der Waals surface area contributed by atoms with E-state index in [0.717, 1.165) is 6.07 Å². The number of benzene rings is 1. The van der Waals surface area contributed by atoms with Crippen molar-refractivity contribution in [3.63, 3.8) is 0 Å². The van der Waals surface area contributed by atoms with Crippen LogP contribution in [0.1, 0.15) is 6.42 Å². The monoisotopic (exact) mass is 231 g/mol. The second-order valence-corrected chi connectivity index (χ2v) is 4.00. The molecule has 0 bridgehead atoms. The van der Waals surface area contributed by atoms with E-state index in [9.17, 15) is 14.5 Å². The second-order valence-electron chi connectivity index (χ2n) is 2.83. The molecule has 0 saturated heterocycles. The van der Waals surface area contributed by atoms with Crippen molar-refractivity contribution in [3.05, 3.63) is 34.1 Å². The van der Waals surface area contributed by atoms with E-state index in [1.165, 1.54) is 23.9 Å². The van der Waals surface area contributed by atoms with Crippen LogP contribution in [-0.4, -0.2) is 22.4 Å². The summed E-state index contributed by atoms with van der Waals surface area (Å²) < 4.78 is 12.9.